The van der Waals surface area contributed by atoms with Gasteiger partial charge in [-0.3, -0.25) is 4.79 Å². The third-order valence-electron chi connectivity index (χ3n) is 2.65. The fourth-order valence-corrected chi connectivity index (χ4v) is 3.06. The normalized spacial score (nSPS) is 11.4. The van der Waals surface area contributed by atoms with E-state index in [0.29, 0.717) is 5.56 Å². The summed E-state index contributed by atoms with van der Waals surface area (Å²) >= 11 is 5.03. The summed E-state index contributed by atoms with van der Waals surface area (Å²) in [6, 6.07) is 3.70. The van der Waals surface area contributed by atoms with Crippen LogP contribution in [0, 0.1) is 0 Å². The number of hydrogen-bond donors (Lipinski definition) is 0. The zero-order valence-electron chi connectivity index (χ0n) is 10.8. The van der Waals surface area contributed by atoms with Crippen molar-refractivity contribution in [3.63, 3.8) is 0 Å². The first-order chi connectivity index (χ1) is 8.62. The molecule has 0 saturated carbocycles. The highest BCUT2D eigenvalue weighted by molar-refractivity contribution is 9.10. The fourth-order valence-electron chi connectivity index (χ4n) is 1.34. The molecule has 0 aromatic heterocycles. The first-order valence-electron chi connectivity index (χ1n) is 5.73. The molecular weight excluding hydrogens is 312 g/mol. The van der Waals surface area contributed by atoms with E-state index in [1.54, 1.807) is 24.9 Å². The second-order valence-electron chi connectivity index (χ2n) is 3.85. The van der Waals surface area contributed by atoms with E-state index in [9.17, 15) is 4.79 Å². The largest absolute Gasteiger partial charge is 0.497 e. The van der Waals surface area contributed by atoms with Crippen LogP contribution in [0.3, 0.4) is 0 Å². The number of benzene rings is 1. The summed E-state index contributed by atoms with van der Waals surface area (Å²) in [4.78, 5) is 12.0. The molecule has 0 fully saturated rings. The van der Waals surface area contributed by atoms with Gasteiger partial charge in [0.25, 0.3) is 0 Å². The number of carbonyl (C=O) groups excluding carboxylic acids is 1. The number of methoxy groups -OCH3 is 1. The molecular formula is C14H17BrO2S. The number of halogens is 1. The van der Waals surface area contributed by atoms with Crippen LogP contribution in [0.15, 0.2) is 33.2 Å². The second-order valence-corrected chi connectivity index (χ2v) is 5.77. The Kier molecular flexibility index (Phi) is 6.50. The van der Waals surface area contributed by atoms with Crippen LogP contribution in [0.25, 0.3) is 0 Å². The molecule has 0 atom stereocenters. The molecule has 0 amide bonds. The SMILES string of the molecule is CCC(C)=CCSc1cc(OC)cc(Br)c1C=O. The summed E-state index contributed by atoms with van der Waals surface area (Å²) in [7, 11) is 1.62. The van der Waals surface area contributed by atoms with Gasteiger partial charge in [0.05, 0.1) is 7.11 Å². The number of ether oxygens (including phenoxy) is 1. The van der Waals surface area contributed by atoms with Crippen molar-refractivity contribution in [2.24, 2.45) is 0 Å². The lowest BCUT2D eigenvalue weighted by Gasteiger charge is -2.08. The van der Waals surface area contributed by atoms with Crippen LogP contribution >= 0.6 is 27.7 Å². The molecule has 0 aliphatic rings. The van der Waals surface area contributed by atoms with Crippen LogP contribution in [-0.2, 0) is 0 Å². The molecule has 98 valence electrons. The first-order valence-corrected chi connectivity index (χ1v) is 7.51. The van der Waals surface area contributed by atoms with Crippen LogP contribution in [0.2, 0.25) is 0 Å². The van der Waals surface area contributed by atoms with E-state index in [0.717, 1.165) is 33.6 Å². The van der Waals surface area contributed by atoms with Gasteiger partial charge in [-0.1, -0.05) is 18.6 Å². The Morgan fingerprint density at radius 2 is 2.22 bits per heavy atom. The highest BCUT2D eigenvalue weighted by Crippen LogP contribution is 2.32. The second kappa shape index (κ2) is 7.64. The Morgan fingerprint density at radius 3 is 2.78 bits per heavy atom. The number of aldehydes is 1. The van der Waals surface area contributed by atoms with Gasteiger partial charge in [-0.05, 0) is 41.4 Å². The molecule has 0 aliphatic heterocycles. The standard InChI is InChI=1S/C14H17BrO2S/c1-4-10(2)5-6-18-14-8-11(17-3)7-13(15)12(14)9-16/h5,7-9H,4,6H2,1-3H3. The fraction of sp³-hybridized carbons (Fsp3) is 0.357. The first kappa shape index (κ1) is 15.3. The van der Waals surface area contributed by atoms with Crippen LogP contribution in [0.5, 0.6) is 5.75 Å². The number of carbonyl (C=O) groups is 1. The van der Waals surface area contributed by atoms with Gasteiger partial charge >= 0.3 is 0 Å². The van der Waals surface area contributed by atoms with Crippen molar-refractivity contribution in [2.75, 3.05) is 12.9 Å². The van der Waals surface area contributed by atoms with E-state index in [4.69, 9.17) is 4.74 Å². The third-order valence-corrected chi connectivity index (χ3v) is 4.29. The van der Waals surface area contributed by atoms with Crippen molar-refractivity contribution in [2.45, 2.75) is 25.2 Å². The van der Waals surface area contributed by atoms with E-state index in [-0.39, 0.29) is 0 Å². The Balaban J connectivity index is 2.92. The minimum absolute atomic E-state index is 0.684. The lowest BCUT2D eigenvalue weighted by molar-refractivity contribution is 0.112. The molecule has 0 spiro atoms. The Bertz CT molecular complexity index is 455. The summed E-state index contributed by atoms with van der Waals surface area (Å²) in [5.74, 6) is 1.62. The molecule has 2 nitrogen and oxygen atoms in total. The molecule has 0 aliphatic carbocycles. The molecule has 1 rings (SSSR count). The van der Waals surface area contributed by atoms with Crippen LogP contribution in [-0.4, -0.2) is 19.1 Å². The summed E-state index contributed by atoms with van der Waals surface area (Å²) in [6.07, 6.45) is 4.12. The molecule has 1 aromatic carbocycles. The van der Waals surface area contributed by atoms with E-state index in [1.807, 2.05) is 6.07 Å². The summed E-state index contributed by atoms with van der Waals surface area (Å²) in [5, 5.41) is 0. The van der Waals surface area contributed by atoms with Gasteiger partial charge in [0.2, 0.25) is 0 Å². The van der Waals surface area contributed by atoms with E-state index in [1.165, 1.54) is 5.57 Å². The lowest BCUT2D eigenvalue weighted by Crippen LogP contribution is -1.91. The summed E-state index contributed by atoms with van der Waals surface area (Å²) < 4.78 is 5.98. The maximum Gasteiger partial charge on any atom is 0.152 e. The minimum atomic E-state index is 0.684. The van der Waals surface area contributed by atoms with E-state index < -0.39 is 0 Å². The number of allylic oxidation sites excluding steroid dienone is 1. The Labute approximate surface area is 121 Å². The van der Waals surface area contributed by atoms with Crippen molar-refractivity contribution in [3.8, 4) is 5.75 Å². The quantitative estimate of drug-likeness (QED) is 0.429. The molecule has 0 radical (unpaired) electrons. The zero-order valence-corrected chi connectivity index (χ0v) is 13.2. The smallest absolute Gasteiger partial charge is 0.152 e. The van der Waals surface area contributed by atoms with Gasteiger partial charge in [-0.15, -0.1) is 11.8 Å². The van der Waals surface area contributed by atoms with Crippen LogP contribution < -0.4 is 4.74 Å². The maximum atomic E-state index is 11.1. The third kappa shape index (κ3) is 4.18. The average molecular weight is 329 g/mol. The highest BCUT2D eigenvalue weighted by Gasteiger charge is 2.09. The molecule has 0 bridgehead atoms. The molecule has 4 heteroatoms. The predicted molar refractivity (Wildman–Crippen MR) is 80.9 cm³/mol. The van der Waals surface area contributed by atoms with Crippen LogP contribution in [0.1, 0.15) is 30.6 Å². The number of thioether (sulfide) groups is 1. The molecule has 0 unspecified atom stereocenters. The summed E-state index contributed by atoms with van der Waals surface area (Å²) in [6.45, 7) is 4.25. The van der Waals surface area contributed by atoms with E-state index >= 15 is 0 Å². The number of hydrogen-bond acceptors (Lipinski definition) is 3. The molecule has 0 saturated heterocycles. The van der Waals surface area contributed by atoms with E-state index in [2.05, 4.69) is 35.9 Å². The topological polar surface area (TPSA) is 26.3 Å². The Morgan fingerprint density at radius 1 is 1.50 bits per heavy atom. The zero-order chi connectivity index (χ0) is 13.5. The van der Waals surface area contributed by atoms with Crippen molar-refractivity contribution in [1.29, 1.82) is 0 Å². The number of rotatable bonds is 6. The van der Waals surface area contributed by atoms with Gasteiger partial charge in [0.1, 0.15) is 5.75 Å². The van der Waals surface area contributed by atoms with Crippen molar-refractivity contribution < 1.29 is 9.53 Å². The molecule has 0 heterocycles. The Hall–Kier alpha value is -0.740. The monoisotopic (exact) mass is 328 g/mol. The molecule has 1 aromatic rings. The van der Waals surface area contributed by atoms with Crippen molar-refractivity contribution >= 4 is 34.0 Å². The summed E-state index contributed by atoms with van der Waals surface area (Å²) in [5.41, 5.74) is 2.04. The average Bonchev–Trinajstić information content (AvgIpc) is 2.37. The van der Waals surface area contributed by atoms with Gasteiger partial charge in [0, 0.05) is 20.7 Å². The lowest BCUT2D eigenvalue weighted by atomic mass is 10.2. The van der Waals surface area contributed by atoms with Crippen LogP contribution in [0.4, 0.5) is 0 Å². The van der Waals surface area contributed by atoms with Crippen molar-refractivity contribution in [1.82, 2.24) is 0 Å². The van der Waals surface area contributed by atoms with Gasteiger partial charge in [0.15, 0.2) is 6.29 Å². The molecule has 18 heavy (non-hydrogen) atoms. The highest BCUT2D eigenvalue weighted by atomic mass is 79.9. The van der Waals surface area contributed by atoms with Gasteiger partial charge < -0.3 is 4.74 Å². The van der Waals surface area contributed by atoms with Gasteiger partial charge in [-0.2, -0.15) is 0 Å². The minimum Gasteiger partial charge on any atom is -0.497 e. The van der Waals surface area contributed by atoms with Crippen molar-refractivity contribution in [3.05, 3.63) is 33.8 Å². The van der Waals surface area contributed by atoms with Gasteiger partial charge in [-0.25, -0.2) is 0 Å². The predicted octanol–water partition coefficient (Wildman–Crippen LogP) is 4.72. The maximum absolute atomic E-state index is 11.1. The molecule has 0 N–H and O–H groups in total.